The second-order valence-electron chi connectivity index (χ2n) is 4.72. The predicted octanol–water partition coefficient (Wildman–Crippen LogP) is 1.47. The lowest BCUT2D eigenvalue weighted by molar-refractivity contribution is -0.138. The molecule has 0 saturated heterocycles. The molecular formula is C14H23NO4. The lowest BCUT2D eigenvalue weighted by atomic mass is 9.89. The maximum Gasteiger partial charge on any atom is 0.333 e. The number of ketones is 1. The van der Waals surface area contributed by atoms with Crippen LogP contribution in [0.4, 0.5) is 0 Å². The molecule has 1 atom stereocenters. The van der Waals surface area contributed by atoms with Gasteiger partial charge in [0.25, 0.3) is 0 Å². The summed E-state index contributed by atoms with van der Waals surface area (Å²) in [7, 11) is 0. The van der Waals surface area contributed by atoms with Gasteiger partial charge in [-0.3, -0.25) is 9.59 Å². The highest BCUT2D eigenvalue weighted by Gasteiger charge is 2.17. The van der Waals surface area contributed by atoms with Crippen LogP contribution in [0.15, 0.2) is 11.6 Å². The van der Waals surface area contributed by atoms with Gasteiger partial charge in [-0.2, -0.15) is 0 Å². The SMILES string of the molecule is CCOC(=O)/C(C)=C/C(CC(=O)CNC=O)C(C)C. The van der Waals surface area contributed by atoms with Crippen molar-refractivity contribution in [2.45, 2.75) is 34.1 Å². The van der Waals surface area contributed by atoms with Crippen molar-refractivity contribution in [3.05, 3.63) is 11.6 Å². The molecule has 0 heterocycles. The molecule has 0 spiro atoms. The standard InChI is InChI=1S/C14H23NO4/c1-5-19-14(18)11(4)6-12(10(2)3)7-13(17)8-15-9-16/h6,9-10,12H,5,7-8H2,1-4H3,(H,15,16)/b11-6+. The molecule has 0 fully saturated rings. The van der Waals surface area contributed by atoms with Crippen molar-refractivity contribution < 1.29 is 19.1 Å². The molecule has 108 valence electrons. The van der Waals surface area contributed by atoms with Gasteiger partial charge in [0, 0.05) is 12.0 Å². The predicted molar refractivity (Wildman–Crippen MR) is 72.4 cm³/mol. The fourth-order valence-electron chi connectivity index (χ4n) is 1.61. The smallest absolute Gasteiger partial charge is 0.333 e. The van der Waals surface area contributed by atoms with Crippen LogP contribution in [0.3, 0.4) is 0 Å². The summed E-state index contributed by atoms with van der Waals surface area (Å²) in [5, 5.41) is 2.35. The van der Waals surface area contributed by atoms with E-state index < -0.39 is 0 Å². The van der Waals surface area contributed by atoms with Crippen LogP contribution in [-0.2, 0) is 19.1 Å². The first kappa shape index (κ1) is 17.4. The van der Waals surface area contributed by atoms with Gasteiger partial charge in [-0.1, -0.05) is 19.9 Å². The molecule has 0 aromatic rings. The summed E-state index contributed by atoms with van der Waals surface area (Å²) in [5.74, 6) is -0.222. The topological polar surface area (TPSA) is 72.5 Å². The second kappa shape index (κ2) is 9.30. The number of allylic oxidation sites excluding steroid dienone is 1. The number of Topliss-reactive ketones (excluding diaryl/α,β-unsaturated/α-hetero) is 1. The lowest BCUT2D eigenvalue weighted by Crippen LogP contribution is -2.24. The molecule has 0 aromatic heterocycles. The zero-order valence-electron chi connectivity index (χ0n) is 12.1. The Bertz CT molecular complexity index is 347. The molecule has 0 aliphatic rings. The van der Waals surface area contributed by atoms with Crippen molar-refractivity contribution in [2.75, 3.05) is 13.2 Å². The van der Waals surface area contributed by atoms with Gasteiger partial charge in [-0.05, 0) is 25.7 Å². The van der Waals surface area contributed by atoms with Crippen LogP contribution in [0.1, 0.15) is 34.1 Å². The summed E-state index contributed by atoms with van der Waals surface area (Å²) in [4.78, 5) is 33.3. The highest BCUT2D eigenvalue weighted by molar-refractivity contribution is 5.88. The Morgan fingerprint density at radius 3 is 2.42 bits per heavy atom. The van der Waals surface area contributed by atoms with E-state index in [0.29, 0.717) is 25.0 Å². The number of hydrogen-bond donors (Lipinski definition) is 1. The van der Waals surface area contributed by atoms with Crippen molar-refractivity contribution in [3.8, 4) is 0 Å². The molecule has 1 N–H and O–H groups in total. The molecule has 0 bridgehead atoms. The molecule has 0 rings (SSSR count). The zero-order chi connectivity index (χ0) is 14.8. The molecule has 1 amide bonds. The van der Waals surface area contributed by atoms with Crippen molar-refractivity contribution >= 4 is 18.2 Å². The van der Waals surface area contributed by atoms with Crippen LogP contribution in [0.2, 0.25) is 0 Å². The van der Waals surface area contributed by atoms with E-state index in [0.717, 1.165) is 0 Å². The van der Waals surface area contributed by atoms with Crippen LogP contribution >= 0.6 is 0 Å². The van der Waals surface area contributed by atoms with Gasteiger partial charge < -0.3 is 10.1 Å². The number of carbonyl (C=O) groups is 3. The first-order valence-corrected chi connectivity index (χ1v) is 6.46. The Labute approximate surface area is 114 Å². The average molecular weight is 269 g/mol. The van der Waals surface area contributed by atoms with Crippen molar-refractivity contribution in [3.63, 3.8) is 0 Å². The van der Waals surface area contributed by atoms with E-state index >= 15 is 0 Å². The summed E-state index contributed by atoms with van der Waals surface area (Å²) >= 11 is 0. The van der Waals surface area contributed by atoms with Gasteiger partial charge >= 0.3 is 5.97 Å². The number of esters is 1. The number of amides is 1. The fourth-order valence-corrected chi connectivity index (χ4v) is 1.61. The van der Waals surface area contributed by atoms with Gasteiger partial charge in [-0.25, -0.2) is 4.79 Å². The molecule has 0 radical (unpaired) electrons. The van der Waals surface area contributed by atoms with Crippen LogP contribution in [0.5, 0.6) is 0 Å². The normalized spacial score (nSPS) is 13.0. The number of hydrogen-bond acceptors (Lipinski definition) is 4. The minimum absolute atomic E-state index is 0.0268. The fraction of sp³-hybridized carbons (Fsp3) is 0.643. The maximum atomic E-state index is 11.6. The van der Waals surface area contributed by atoms with E-state index in [4.69, 9.17) is 4.74 Å². The summed E-state index contributed by atoms with van der Waals surface area (Å²) in [5.41, 5.74) is 0.511. The molecule has 19 heavy (non-hydrogen) atoms. The van der Waals surface area contributed by atoms with Gasteiger partial charge in [0.05, 0.1) is 13.2 Å². The van der Waals surface area contributed by atoms with Gasteiger partial charge in [0.1, 0.15) is 0 Å². The van der Waals surface area contributed by atoms with E-state index in [1.807, 2.05) is 13.8 Å². The van der Waals surface area contributed by atoms with Gasteiger partial charge in [0.15, 0.2) is 5.78 Å². The number of ether oxygens (including phenoxy) is 1. The third-order valence-electron chi connectivity index (χ3n) is 2.76. The monoisotopic (exact) mass is 269 g/mol. The third-order valence-corrected chi connectivity index (χ3v) is 2.76. The number of rotatable bonds is 9. The van der Waals surface area contributed by atoms with E-state index in [1.54, 1.807) is 19.9 Å². The van der Waals surface area contributed by atoms with Crippen molar-refractivity contribution in [2.24, 2.45) is 11.8 Å². The van der Waals surface area contributed by atoms with E-state index in [1.165, 1.54) is 0 Å². The van der Waals surface area contributed by atoms with Crippen LogP contribution in [-0.4, -0.2) is 31.3 Å². The molecule has 1 unspecified atom stereocenters. The van der Waals surface area contributed by atoms with E-state index in [9.17, 15) is 14.4 Å². The van der Waals surface area contributed by atoms with Crippen molar-refractivity contribution in [1.82, 2.24) is 5.32 Å². The maximum absolute atomic E-state index is 11.6. The number of nitrogens with one attached hydrogen (secondary N) is 1. The summed E-state index contributed by atoms with van der Waals surface area (Å²) in [6.45, 7) is 7.76. The molecule has 0 aliphatic carbocycles. The van der Waals surface area contributed by atoms with Gasteiger partial charge in [0.2, 0.25) is 6.41 Å². The largest absolute Gasteiger partial charge is 0.463 e. The minimum Gasteiger partial charge on any atom is -0.463 e. The highest BCUT2D eigenvalue weighted by Crippen LogP contribution is 2.19. The Balaban J connectivity index is 4.64. The summed E-state index contributed by atoms with van der Waals surface area (Å²) in [6.07, 6.45) is 2.58. The first-order valence-electron chi connectivity index (χ1n) is 6.46. The van der Waals surface area contributed by atoms with Gasteiger partial charge in [-0.15, -0.1) is 0 Å². The molecular weight excluding hydrogens is 246 g/mol. The highest BCUT2D eigenvalue weighted by atomic mass is 16.5. The molecule has 5 nitrogen and oxygen atoms in total. The zero-order valence-corrected chi connectivity index (χ0v) is 12.1. The Morgan fingerprint density at radius 1 is 1.32 bits per heavy atom. The minimum atomic E-state index is -0.355. The van der Waals surface area contributed by atoms with E-state index in [-0.39, 0.29) is 30.1 Å². The Hall–Kier alpha value is -1.65. The summed E-state index contributed by atoms with van der Waals surface area (Å²) in [6, 6.07) is 0. The molecule has 0 saturated carbocycles. The lowest BCUT2D eigenvalue weighted by Gasteiger charge is -2.17. The first-order chi connectivity index (χ1) is 8.92. The number of carbonyl (C=O) groups excluding carboxylic acids is 3. The van der Waals surface area contributed by atoms with Crippen LogP contribution in [0, 0.1) is 11.8 Å². The Morgan fingerprint density at radius 2 is 1.95 bits per heavy atom. The van der Waals surface area contributed by atoms with Crippen LogP contribution < -0.4 is 5.32 Å². The summed E-state index contributed by atoms with van der Waals surface area (Å²) < 4.78 is 4.90. The molecule has 0 aliphatic heterocycles. The van der Waals surface area contributed by atoms with E-state index in [2.05, 4.69) is 5.32 Å². The Kier molecular flexibility index (Phi) is 8.49. The van der Waals surface area contributed by atoms with Crippen molar-refractivity contribution in [1.29, 1.82) is 0 Å². The average Bonchev–Trinajstić information content (AvgIpc) is 2.35. The third kappa shape index (κ3) is 7.39. The molecule has 5 heteroatoms. The van der Waals surface area contributed by atoms with Crippen LogP contribution in [0.25, 0.3) is 0 Å². The second-order valence-corrected chi connectivity index (χ2v) is 4.72. The molecule has 0 aromatic carbocycles. The quantitative estimate of drug-likeness (QED) is 0.391.